The van der Waals surface area contributed by atoms with Crippen LogP contribution < -0.4 is 9.47 Å². The fourth-order valence-electron chi connectivity index (χ4n) is 3.80. The van der Waals surface area contributed by atoms with E-state index in [9.17, 15) is 4.79 Å². The van der Waals surface area contributed by atoms with Crippen LogP contribution in [0.1, 0.15) is 134 Å². The number of hydrogen-bond acceptors (Lipinski definition) is 3. The number of benzene rings is 1. The Bertz CT molecular complexity index is 567. The molecular formula is C28H48O3. The van der Waals surface area contributed by atoms with Gasteiger partial charge in [0, 0.05) is 5.56 Å². The van der Waals surface area contributed by atoms with Gasteiger partial charge in [-0.3, -0.25) is 4.79 Å². The molecule has 0 aromatic heterocycles. The van der Waals surface area contributed by atoms with E-state index >= 15 is 0 Å². The standard InChI is InChI=1S/C28H48O3/c1-4-6-8-10-12-14-16-18-22-30-27-21-20-26(25(3)29)24-28(27)31-23-19-17-15-13-11-9-7-5-2/h20-21,24H,4-19,22-23H2,1-3H3. The highest BCUT2D eigenvalue weighted by Crippen LogP contribution is 2.29. The van der Waals surface area contributed by atoms with Gasteiger partial charge < -0.3 is 9.47 Å². The number of hydrogen-bond donors (Lipinski definition) is 0. The highest BCUT2D eigenvalue weighted by Gasteiger charge is 2.09. The topological polar surface area (TPSA) is 35.5 Å². The number of rotatable bonds is 21. The monoisotopic (exact) mass is 432 g/mol. The van der Waals surface area contributed by atoms with Crippen molar-refractivity contribution in [3.05, 3.63) is 23.8 Å². The molecule has 0 N–H and O–H groups in total. The van der Waals surface area contributed by atoms with Crippen LogP contribution in [0.25, 0.3) is 0 Å². The van der Waals surface area contributed by atoms with Crippen LogP contribution in [0, 0.1) is 0 Å². The van der Waals surface area contributed by atoms with E-state index in [-0.39, 0.29) is 5.78 Å². The Labute approximate surface area is 192 Å². The maximum Gasteiger partial charge on any atom is 0.161 e. The zero-order valence-corrected chi connectivity index (χ0v) is 20.7. The quantitative estimate of drug-likeness (QED) is 0.144. The number of unbranched alkanes of at least 4 members (excludes halogenated alkanes) is 14. The molecule has 0 fully saturated rings. The van der Waals surface area contributed by atoms with Gasteiger partial charge in [0.2, 0.25) is 0 Å². The molecule has 178 valence electrons. The highest BCUT2D eigenvalue weighted by atomic mass is 16.5. The summed E-state index contributed by atoms with van der Waals surface area (Å²) in [6.45, 7) is 7.51. The van der Waals surface area contributed by atoms with Crippen molar-refractivity contribution in [1.29, 1.82) is 0 Å². The molecule has 1 rings (SSSR count). The lowest BCUT2D eigenvalue weighted by molar-refractivity contribution is 0.101. The van der Waals surface area contributed by atoms with Crippen molar-refractivity contribution in [3.63, 3.8) is 0 Å². The van der Waals surface area contributed by atoms with E-state index in [1.54, 1.807) is 6.92 Å². The van der Waals surface area contributed by atoms with E-state index in [1.165, 1.54) is 89.9 Å². The van der Waals surface area contributed by atoms with Crippen molar-refractivity contribution in [1.82, 2.24) is 0 Å². The van der Waals surface area contributed by atoms with Crippen molar-refractivity contribution >= 4 is 5.78 Å². The number of Topliss-reactive ketones (excluding diaryl/α,β-unsaturated/α-hetero) is 1. The third-order valence-corrected chi connectivity index (χ3v) is 5.86. The van der Waals surface area contributed by atoms with Gasteiger partial charge in [0.25, 0.3) is 0 Å². The average molecular weight is 433 g/mol. The van der Waals surface area contributed by atoms with E-state index in [4.69, 9.17) is 9.47 Å². The number of carbonyl (C=O) groups is 1. The largest absolute Gasteiger partial charge is 0.490 e. The van der Waals surface area contributed by atoms with E-state index in [0.717, 1.165) is 24.3 Å². The molecule has 3 nitrogen and oxygen atoms in total. The van der Waals surface area contributed by atoms with Crippen LogP contribution in [-0.2, 0) is 0 Å². The van der Waals surface area contributed by atoms with E-state index in [0.29, 0.717) is 18.8 Å². The van der Waals surface area contributed by atoms with Gasteiger partial charge in [-0.2, -0.15) is 0 Å². The molecule has 0 heterocycles. The average Bonchev–Trinajstić information content (AvgIpc) is 2.77. The Balaban J connectivity index is 2.30. The minimum Gasteiger partial charge on any atom is -0.490 e. The third-order valence-electron chi connectivity index (χ3n) is 5.86. The van der Waals surface area contributed by atoms with Crippen LogP contribution in [0.15, 0.2) is 18.2 Å². The lowest BCUT2D eigenvalue weighted by atomic mass is 10.1. The summed E-state index contributed by atoms with van der Waals surface area (Å²) in [6.07, 6.45) is 20.5. The van der Waals surface area contributed by atoms with E-state index in [1.807, 2.05) is 18.2 Å². The maximum absolute atomic E-state index is 11.8. The second kappa shape index (κ2) is 19.2. The molecule has 0 aliphatic carbocycles. The van der Waals surface area contributed by atoms with Crippen LogP contribution in [-0.4, -0.2) is 19.0 Å². The summed E-state index contributed by atoms with van der Waals surface area (Å²) in [7, 11) is 0. The second-order valence-electron chi connectivity index (χ2n) is 8.86. The molecular weight excluding hydrogens is 384 g/mol. The Kier molecular flexibility index (Phi) is 17.0. The Hall–Kier alpha value is -1.51. The summed E-state index contributed by atoms with van der Waals surface area (Å²) >= 11 is 0. The number of ether oxygens (including phenoxy) is 2. The van der Waals surface area contributed by atoms with Crippen LogP contribution in [0.4, 0.5) is 0 Å². The fourth-order valence-corrected chi connectivity index (χ4v) is 3.80. The second-order valence-corrected chi connectivity index (χ2v) is 8.86. The smallest absolute Gasteiger partial charge is 0.161 e. The summed E-state index contributed by atoms with van der Waals surface area (Å²) in [5, 5.41) is 0. The van der Waals surface area contributed by atoms with Crippen molar-refractivity contribution in [2.75, 3.05) is 13.2 Å². The lowest BCUT2D eigenvalue weighted by Gasteiger charge is -2.14. The predicted octanol–water partition coefficient (Wildman–Crippen LogP) is 8.93. The zero-order chi connectivity index (χ0) is 22.6. The molecule has 0 aliphatic rings. The maximum atomic E-state index is 11.8. The van der Waals surface area contributed by atoms with Crippen LogP contribution in [0.5, 0.6) is 11.5 Å². The minimum absolute atomic E-state index is 0.0616. The number of ketones is 1. The highest BCUT2D eigenvalue weighted by molar-refractivity contribution is 5.94. The number of carbonyl (C=O) groups excluding carboxylic acids is 1. The summed E-state index contributed by atoms with van der Waals surface area (Å²) in [5.74, 6) is 1.55. The van der Waals surface area contributed by atoms with E-state index in [2.05, 4.69) is 13.8 Å². The normalized spacial score (nSPS) is 10.9. The Morgan fingerprint density at radius 1 is 0.613 bits per heavy atom. The molecule has 0 atom stereocenters. The SMILES string of the molecule is CCCCCCCCCCOc1ccc(C(C)=O)cc1OCCCCCCCCCC. The molecule has 0 amide bonds. The van der Waals surface area contributed by atoms with Crippen molar-refractivity contribution < 1.29 is 14.3 Å². The van der Waals surface area contributed by atoms with Crippen molar-refractivity contribution in [2.45, 2.75) is 124 Å². The molecule has 0 aliphatic heterocycles. The van der Waals surface area contributed by atoms with Gasteiger partial charge in [-0.15, -0.1) is 0 Å². The Morgan fingerprint density at radius 2 is 1.03 bits per heavy atom. The molecule has 0 spiro atoms. The molecule has 0 saturated heterocycles. The predicted molar refractivity (Wildman–Crippen MR) is 133 cm³/mol. The third kappa shape index (κ3) is 14.2. The first kappa shape index (κ1) is 27.5. The van der Waals surface area contributed by atoms with Gasteiger partial charge in [0.05, 0.1) is 13.2 Å². The van der Waals surface area contributed by atoms with Crippen molar-refractivity contribution in [2.24, 2.45) is 0 Å². The molecule has 0 unspecified atom stereocenters. The molecule has 0 saturated carbocycles. The van der Waals surface area contributed by atoms with Crippen molar-refractivity contribution in [3.8, 4) is 11.5 Å². The summed E-state index contributed by atoms with van der Waals surface area (Å²) < 4.78 is 12.0. The fraction of sp³-hybridized carbons (Fsp3) is 0.750. The van der Waals surface area contributed by atoms with Gasteiger partial charge >= 0.3 is 0 Å². The van der Waals surface area contributed by atoms with Gasteiger partial charge in [-0.25, -0.2) is 0 Å². The van der Waals surface area contributed by atoms with Gasteiger partial charge in [-0.1, -0.05) is 104 Å². The van der Waals surface area contributed by atoms with Gasteiger partial charge in [0.15, 0.2) is 17.3 Å². The molecule has 0 bridgehead atoms. The van der Waals surface area contributed by atoms with Crippen LogP contribution in [0.3, 0.4) is 0 Å². The van der Waals surface area contributed by atoms with Crippen LogP contribution in [0.2, 0.25) is 0 Å². The summed E-state index contributed by atoms with van der Waals surface area (Å²) in [6, 6.07) is 5.58. The first-order chi connectivity index (χ1) is 15.2. The Morgan fingerprint density at radius 3 is 1.48 bits per heavy atom. The van der Waals surface area contributed by atoms with Crippen LogP contribution >= 0.6 is 0 Å². The molecule has 3 heteroatoms. The minimum atomic E-state index is 0.0616. The summed E-state index contributed by atoms with van der Waals surface area (Å²) in [4.78, 5) is 11.8. The molecule has 0 radical (unpaired) electrons. The van der Waals surface area contributed by atoms with Gasteiger partial charge in [-0.05, 0) is 38.0 Å². The summed E-state index contributed by atoms with van der Waals surface area (Å²) in [5.41, 5.74) is 0.686. The molecule has 31 heavy (non-hydrogen) atoms. The first-order valence-corrected chi connectivity index (χ1v) is 13.1. The first-order valence-electron chi connectivity index (χ1n) is 13.1. The molecule has 1 aromatic carbocycles. The van der Waals surface area contributed by atoms with E-state index < -0.39 is 0 Å². The lowest BCUT2D eigenvalue weighted by Crippen LogP contribution is -2.04. The zero-order valence-electron chi connectivity index (χ0n) is 20.7. The van der Waals surface area contributed by atoms with Gasteiger partial charge in [0.1, 0.15) is 0 Å². The molecule has 1 aromatic rings.